The predicted molar refractivity (Wildman–Crippen MR) is 109 cm³/mol. The van der Waals surface area contributed by atoms with Crippen LogP contribution in [0, 0.1) is 24.0 Å². The zero-order valence-corrected chi connectivity index (χ0v) is 17.3. The zero-order chi connectivity index (χ0) is 21.2. The lowest BCUT2D eigenvalue weighted by molar-refractivity contribution is -0.384. The Hall–Kier alpha value is -2.65. The number of nitrogens with one attached hydrogen (secondary N) is 1. The van der Waals surface area contributed by atoms with Gasteiger partial charge in [-0.05, 0) is 50.1 Å². The molecule has 1 atom stereocenters. The Labute approximate surface area is 168 Å². The molecule has 10 heteroatoms. The van der Waals surface area contributed by atoms with Gasteiger partial charge >= 0.3 is 0 Å². The number of benzene rings is 2. The van der Waals surface area contributed by atoms with Gasteiger partial charge in [0.1, 0.15) is 6.04 Å². The van der Waals surface area contributed by atoms with Crippen molar-refractivity contribution < 1.29 is 18.1 Å². The van der Waals surface area contributed by atoms with Crippen LogP contribution in [0.1, 0.15) is 18.1 Å². The summed E-state index contributed by atoms with van der Waals surface area (Å²) >= 11 is 6.01. The van der Waals surface area contributed by atoms with Crippen molar-refractivity contribution in [2.24, 2.45) is 0 Å². The fourth-order valence-corrected chi connectivity index (χ4v) is 3.96. The molecule has 1 N–H and O–H groups in total. The van der Waals surface area contributed by atoms with E-state index in [1.165, 1.54) is 19.1 Å². The van der Waals surface area contributed by atoms with Crippen LogP contribution in [0.3, 0.4) is 0 Å². The van der Waals surface area contributed by atoms with Crippen molar-refractivity contribution in [1.29, 1.82) is 0 Å². The molecule has 0 fully saturated rings. The molecule has 0 unspecified atom stereocenters. The Kier molecular flexibility index (Phi) is 6.30. The number of non-ortho nitro benzene ring substituents is 1. The molecule has 0 aliphatic carbocycles. The Morgan fingerprint density at radius 3 is 2.36 bits per heavy atom. The molecule has 8 nitrogen and oxygen atoms in total. The minimum atomic E-state index is -3.78. The maximum absolute atomic E-state index is 12.7. The highest BCUT2D eigenvalue weighted by molar-refractivity contribution is 7.92. The van der Waals surface area contributed by atoms with Crippen LogP contribution >= 0.6 is 11.6 Å². The molecule has 2 rings (SSSR count). The second-order valence-electron chi connectivity index (χ2n) is 6.41. The van der Waals surface area contributed by atoms with E-state index in [9.17, 15) is 23.3 Å². The van der Waals surface area contributed by atoms with Crippen molar-refractivity contribution >= 4 is 44.6 Å². The topological polar surface area (TPSA) is 110 Å². The molecular weight excluding hydrogens is 406 g/mol. The number of amides is 1. The number of anilines is 2. The van der Waals surface area contributed by atoms with Crippen molar-refractivity contribution in [1.82, 2.24) is 0 Å². The predicted octanol–water partition coefficient (Wildman–Crippen LogP) is 3.66. The van der Waals surface area contributed by atoms with Gasteiger partial charge in [-0.3, -0.25) is 19.2 Å². The second-order valence-corrected chi connectivity index (χ2v) is 8.68. The molecule has 150 valence electrons. The molecule has 0 aliphatic heterocycles. The first-order valence-corrected chi connectivity index (χ1v) is 10.5. The molecular formula is C18H20ClN3O5S. The highest BCUT2D eigenvalue weighted by atomic mass is 35.5. The summed E-state index contributed by atoms with van der Waals surface area (Å²) in [7, 11) is -3.78. The van der Waals surface area contributed by atoms with Crippen molar-refractivity contribution in [3.05, 3.63) is 62.7 Å². The highest BCUT2D eigenvalue weighted by Gasteiger charge is 2.30. The van der Waals surface area contributed by atoms with Crippen LogP contribution in [0.5, 0.6) is 0 Å². The van der Waals surface area contributed by atoms with Gasteiger partial charge in [0.15, 0.2) is 0 Å². The highest BCUT2D eigenvalue weighted by Crippen LogP contribution is 2.28. The van der Waals surface area contributed by atoms with Gasteiger partial charge in [-0.2, -0.15) is 0 Å². The van der Waals surface area contributed by atoms with Gasteiger partial charge < -0.3 is 5.32 Å². The van der Waals surface area contributed by atoms with Gasteiger partial charge in [-0.15, -0.1) is 0 Å². The van der Waals surface area contributed by atoms with Crippen molar-refractivity contribution in [3.63, 3.8) is 0 Å². The van der Waals surface area contributed by atoms with Crippen LogP contribution in [-0.4, -0.2) is 31.5 Å². The van der Waals surface area contributed by atoms with E-state index < -0.39 is 26.9 Å². The standard InChI is InChI=1S/C18H20ClN3O5S/c1-11-5-6-14(9-12(11)2)21(28(4,26)27)13(3)18(23)20-17-10-15(22(24)25)7-8-16(17)19/h5-10,13H,1-4H3,(H,20,23)/t13-/m0/s1. The van der Waals surface area contributed by atoms with Crippen LogP contribution in [0.15, 0.2) is 36.4 Å². The third kappa shape index (κ3) is 4.79. The number of nitro benzene ring substituents is 1. The summed E-state index contributed by atoms with van der Waals surface area (Å²) in [5.41, 5.74) is 1.99. The number of sulfonamides is 1. The monoisotopic (exact) mass is 425 g/mol. The summed E-state index contributed by atoms with van der Waals surface area (Å²) in [6, 6.07) is 7.57. The normalized spacial score (nSPS) is 12.3. The largest absolute Gasteiger partial charge is 0.323 e. The Bertz CT molecular complexity index is 1040. The minimum absolute atomic E-state index is 0.0289. The number of carbonyl (C=O) groups is 1. The Morgan fingerprint density at radius 2 is 1.82 bits per heavy atom. The number of carbonyl (C=O) groups excluding carboxylic acids is 1. The van der Waals surface area contributed by atoms with E-state index in [4.69, 9.17) is 11.6 Å². The number of halogens is 1. The van der Waals surface area contributed by atoms with E-state index in [-0.39, 0.29) is 16.4 Å². The molecule has 2 aromatic rings. The van der Waals surface area contributed by atoms with Gasteiger partial charge in [0.25, 0.3) is 5.69 Å². The smallest absolute Gasteiger partial charge is 0.271 e. The zero-order valence-electron chi connectivity index (χ0n) is 15.8. The third-order valence-electron chi connectivity index (χ3n) is 4.25. The van der Waals surface area contributed by atoms with Crippen molar-refractivity contribution in [3.8, 4) is 0 Å². The van der Waals surface area contributed by atoms with E-state index >= 15 is 0 Å². The van der Waals surface area contributed by atoms with Gasteiger partial charge in [0.05, 0.1) is 27.6 Å². The van der Waals surface area contributed by atoms with Gasteiger partial charge in [0.2, 0.25) is 15.9 Å². The Balaban J connectivity index is 2.38. The molecule has 0 aromatic heterocycles. The molecule has 0 radical (unpaired) electrons. The molecule has 0 heterocycles. The summed E-state index contributed by atoms with van der Waals surface area (Å²) in [4.78, 5) is 23.0. The van der Waals surface area contributed by atoms with Gasteiger partial charge in [-0.1, -0.05) is 17.7 Å². The Morgan fingerprint density at radius 1 is 1.18 bits per heavy atom. The van der Waals surface area contributed by atoms with E-state index in [1.54, 1.807) is 18.2 Å². The van der Waals surface area contributed by atoms with E-state index in [1.807, 2.05) is 13.8 Å². The number of nitro groups is 1. The van der Waals surface area contributed by atoms with Gasteiger partial charge in [0, 0.05) is 12.1 Å². The number of rotatable bonds is 6. The maximum Gasteiger partial charge on any atom is 0.271 e. The average molecular weight is 426 g/mol. The maximum atomic E-state index is 12.7. The fourth-order valence-electron chi connectivity index (χ4n) is 2.63. The summed E-state index contributed by atoms with van der Waals surface area (Å²) in [6.45, 7) is 5.16. The summed E-state index contributed by atoms with van der Waals surface area (Å²) < 4.78 is 25.7. The van der Waals surface area contributed by atoms with Crippen molar-refractivity contribution in [2.45, 2.75) is 26.8 Å². The number of aryl methyl sites for hydroxylation is 2. The first-order chi connectivity index (χ1) is 12.9. The summed E-state index contributed by atoms with van der Waals surface area (Å²) in [5.74, 6) is -0.675. The lowest BCUT2D eigenvalue weighted by Crippen LogP contribution is -2.45. The van der Waals surface area contributed by atoms with E-state index in [2.05, 4.69) is 5.32 Å². The number of hydrogen-bond donors (Lipinski definition) is 1. The molecule has 28 heavy (non-hydrogen) atoms. The molecule has 0 spiro atoms. The molecule has 0 saturated carbocycles. The molecule has 0 bridgehead atoms. The number of hydrogen-bond acceptors (Lipinski definition) is 5. The summed E-state index contributed by atoms with van der Waals surface area (Å²) in [5, 5.41) is 13.5. The molecule has 0 aliphatic rings. The van der Waals surface area contributed by atoms with Crippen molar-refractivity contribution in [2.75, 3.05) is 15.9 Å². The lowest BCUT2D eigenvalue weighted by Gasteiger charge is -2.28. The van der Waals surface area contributed by atoms with Crippen LogP contribution in [0.25, 0.3) is 0 Å². The van der Waals surface area contributed by atoms with Crippen LogP contribution in [0.2, 0.25) is 5.02 Å². The minimum Gasteiger partial charge on any atom is -0.323 e. The summed E-state index contributed by atoms with van der Waals surface area (Å²) in [6.07, 6.45) is 1.01. The fraction of sp³-hybridized carbons (Fsp3) is 0.278. The molecule has 2 aromatic carbocycles. The van der Waals surface area contributed by atoms with Crippen LogP contribution in [-0.2, 0) is 14.8 Å². The van der Waals surface area contributed by atoms with Gasteiger partial charge in [-0.25, -0.2) is 8.42 Å². The molecule has 0 saturated heterocycles. The first kappa shape index (κ1) is 21.6. The number of nitrogens with zero attached hydrogens (tertiary/aromatic N) is 2. The lowest BCUT2D eigenvalue weighted by atomic mass is 10.1. The van der Waals surface area contributed by atoms with Crippen LogP contribution in [0.4, 0.5) is 17.1 Å². The second kappa shape index (κ2) is 8.15. The average Bonchev–Trinajstić information content (AvgIpc) is 2.58. The third-order valence-corrected chi connectivity index (χ3v) is 5.82. The van der Waals surface area contributed by atoms with E-state index in [0.29, 0.717) is 5.69 Å². The quantitative estimate of drug-likeness (QED) is 0.561. The van der Waals surface area contributed by atoms with Crippen LogP contribution < -0.4 is 9.62 Å². The van der Waals surface area contributed by atoms with E-state index in [0.717, 1.165) is 27.8 Å². The molecule has 1 amide bonds. The SMILES string of the molecule is Cc1ccc(N([C@@H](C)C(=O)Nc2cc([N+](=O)[O-])ccc2Cl)S(C)(=O)=O)cc1C. The first-order valence-electron chi connectivity index (χ1n) is 8.23.